The lowest BCUT2D eigenvalue weighted by molar-refractivity contribution is 0.112. The van der Waals surface area contributed by atoms with Gasteiger partial charge < -0.3 is 15.3 Å². The third-order valence-corrected chi connectivity index (χ3v) is 2.96. The summed E-state index contributed by atoms with van der Waals surface area (Å²) in [7, 11) is 0. The maximum absolute atomic E-state index is 10.6. The van der Waals surface area contributed by atoms with E-state index >= 15 is 0 Å². The summed E-state index contributed by atoms with van der Waals surface area (Å²) in [6.45, 7) is 0. The van der Waals surface area contributed by atoms with Crippen LogP contribution in [0, 0.1) is 0 Å². The highest BCUT2D eigenvalue weighted by Gasteiger charge is 2.04. The SMILES string of the molecule is O=Cc1ccc(CCc2ccc(O)c(O)c2)cc1O. The molecule has 0 aromatic heterocycles. The molecule has 0 aliphatic carbocycles. The van der Waals surface area contributed by atoms with E-state index in [0.717, 1.165) is 11.1 Å². The van der Waals surface area contributed by atoms with Crippen LogP contribution in [0.25, 0.3) is 0 Å². The van der Waals surface area contributed by atoms with Gasteiger partial charge in [-0.25, -0.2) is 0 Å². The van der Waals surface area contributed by atoms with Gasteiger partial charge in [0.1, 0.15) is 5.75 Å². The summed E-state index contributed by atoms with van der Waals surface area (Å²) in [4.78, 5) is 10.6. The third kappa shape index (κ3) is 3.04. The Bertz CT molecular complexity index is 605. The number of carbonyl (C=O) groups is 1. The molecule has 0 aliphatic heterocycles. The summed E-state index contributed by atoms with van der Waals surface area (Å²) in [5.41, 5.74) is 2.05. The number of benzene rings is 2. The molecule has 0 amide bonds. The number of aldehydes is 1. The van der Waals surface area contributed by atoms with E-state index < -0.39 is 0 Å². The lowest BCUT2D eigenvalue weighted by Gasteiger charge is -2.05. The molecule has 3 N–H and O–H groups in total. The molecule has 0 bridgehead atoms. The first-order valence-electron chi connectivity index (χ1n) is 5.88. The number of carbonyl (C=O) groups excluding carboxylic acids is 1. The quantitative estimate of drug-likeness (QED) is 0.581. The van der Waals surface area contributed by atoms with Gasteiger partial charge in [-0.2, -0.15) is 0 Å². The minimum absolute atomic E-state index is 0.0268. The molecule has 0 atom stereocenters. The first-order valence-corrected chi connectivity index (χ1v) is 5.88. The van der Waals surface area contributed by atoms with Crippen molar-refractivity contribution in [3.05, 3.63) is 53.1 Å². The number of hydrogen-bond donors (Lipinski definition) is 3. The largest absolute Gasteiger partial charge is 0.507 e. The molecule has 2 aromatic rings. The topological polar surface area (TPSA) is 77.8 Å². The summed E-state index contributed by atoms with van der Waals surface area (Å²) >= 11 is 0. The predicted molar refractivity (Wildman–Crippen MR) is 70.7 cm³/mol. The zero-order chi connectivity index (χ0) is 13.8. The molecule has 0 fully saturated rings. The Labute approximate surface area is 110 Å². The number of hydrogen-bond acceptors (Lipinski definition) is 4. The average molecular weight is 258 g/mol. The van der Waals surface area contributed by atoms with E-state index in [1.54, 1.807) is 24.3 Å². The lowest BCUT2D eigenvalue weighted by Crippen LogP contribution is -1.92. The Morgan fingerprint density at radius 2 is 1.37 bits per heavy atom. The first-order chi connectivity index (χ1) is 9.10. The molecule has 2 rings (SSSR count). The molecule has 0 heterocycles. The average Bonchev–Trinajstić information content (AvgIpc) is 2.40. The van der Waals surface area contributed by atoms with Gasteiger partial charge in [0.05, 0.1) is 5.56 Å². The molecule has 0 aliphatic rings. The smallest absolute Gasteiger partial charge is 0.157 e. The van der Waals surface area contributed by atoms with E-state index in [9.17, 15) is 20.1 Å². The van der Waals surface area contributed by atoms with Crippen molar-refractivity contribution in [2.24, 2.45) is 0 Å². The summed E-state index contributed by atoms with van der Waals surface area (Å²) in [5, 5.41) is 28.2. The Balaban J connectivity index is 2.07. The van der Waals surface area contributed by atoms with E-state index in [-0.39, 0.29) is 22.8 Å². The van der Waals surface area contributed by atoms with Crippen LogP contribution in [0.15, 0.2) is 36.4 Å². The van der Waals surface area contributed by atoms with Gasteiger partial charge in [0.25, 0.3) is 0 Å². The standard InChI is InChI=1S/C15H14O4/c16-9-12-5-3-10(7-14(12)18)1-2-11-4-6-13(17)15(19)8-11/h3-9,17-19H,1-2H2. The highest BCUT2D eigenvalue weighted by Crippen LogP contribution is 2.26. The number of rotatable bonds is 4. The van der Waals surface area contributed by atoms with Crippen LogP contribution in [0.3, 0.4) is 0 Å². The van der Waals surface area contributed by atoms with Crippen LogP contribution in [0.2, 0.25) is 0 Å². The maximum Gasteiger partial charge on any atom is 0.157 e. The Kier molecular flexibility index (Phi) is 3.71. The Morgan fingerprint density at radius 3 is 1.89 bits per heavy atom. The van der Waals surface area contributed by atoms with Crippen molar-refractivity contribution in [3.63, 3.8) is 0 Å². The van der Waals surface area contributed by atoms with E-state index in [1.165, 1.54) is 12.1 Å². The van der Waals surface area contributed by atoms with Crippen LogP contribution in [-0.4, -0.2) is 21.6 Å². The van der Waals surface area contributed by atoms with E-state index in [1.807, 2.05) is 0 Å². The normalized spacial score (nSPS) is 10.3. The van der Waals surface area contributed by atoms with Gasteiger partial charge in [0, 0.05) is 0 Å². The third-order valence-electron chi connectivity index (χ3n) is 2.96. The Hall–Kier alpha value is -2.49. The van der Waals surface area contributed by atoms with Crippen LogP contribution in [0.4, 0.5) is 0 Å². The second-order valence-corrected chi connectivity index (χ2v) is 4.33. The van der Waals surface area contributed by atoms with Crippen molar-refractivity contribution in [3.8, 4) is 17.2 Å². The molecule has 4 nitrogen and oxygen atoms in total. The number of aromatic hydroxyl groups is 3. The molecule has 0 unspecified atom stereocenters. The molecular formula is C15H14O4. The van der Waals surface area contributed by atoms with Gasteiger partial charge in [0.2, 0.25) is 0 Å². The summed E-state index contributed by atoms with van der Waals surface area (Å²) in [6, 6.07) is 9.60. The van der Waals surface area contributed by atoms with E-state index in [2.05, 4.69) is 0 Å². The van der Waals surface area contributed by atoms with Gasteiger partial charge in [-0.05, 0) is 48.2 Å². The Morgan fingerprint density at radius 1 is 0.789 bits per heavy atom. The van der Waals surface area contributed by atoms with Crippen molar-refractivity contribution in [2.45, 2.75) is 12.8 Å². The second-order valence-electron chi connectivity index (χ2n) is 4.33. The fourth-order valence-electron chi connectivity index (χ4n) is 1.86. The minimum atomic E-state index is -0.142. The molecule has 0 saturated heterocycles. The zero-order valence-corrected chi connectivity index (χ0v) is 10.2. The molecule has 4 heteroatoms. The zero-order valence-electron chi connectivity index (χ0n) is 10.2. The summed E-state index contributed by atoms with van der Waals surface area (Å²) in [5.74, 6) is -0.311. The van der Waals surface area contributed by atoms with Crippen LogP contribution >= 0.6 is 0 Å². The highest BCUT2D eigenvalue weighted by atomic mass is 16.3. The van der Waals surface area contributed by atoms with Crippen molar-refractivity contribution >= 4 is 6.29 Å². The predicted octanol–water partition coefficient (Wildman–Crippen LogP) is 2.40. The minimum Gasteiger partial charge on any atom is -0.507 e. The van der Waals surface area contributed by atoms with Gasteiger partial charge in [-0.3, -0.25) is 4.79 Å². The molecule has 2 aromatic carbocycles. The van der Waals surface area contributed by atoms with Crippen molar-refractivity contribution in [1.82, 2.24) is 0 Å². The molecular weight excluding hydrogens is 244 g/mol. The van der Waals surface area contributed by atoms with Crippen molar-refractivity contribution in [2.75, 3.05) is 0 Å². The fraction of sp³-hybridized carbons (Fsp3) is 0.133. The molecule has 0 saturated carbocycles. The van der Waals surface area contributed by atoms with Crippen molar-refractivity contribution < 1.29 is 20.1 Å². The monoisotopic (exact) mass is 258 g/mol. The van der Waals surface area contributed by atoms with E-state index in [0.29, 0.717) is 19.1 Å². The molecule has 19 heavy (non-hydrogen) atoms. The summed E-state index contributed by atoms with van der Waals surface area (Å²) < 4.78 is 0. The van der Waals surface area contributed by atoms with Crippen molar-refractivity contribution in [1.29, 1.82) is 0 Å². The van der Waals surface area contributed by atoms with Crippen LogP contribution < -0.4 is 0 Å². The molecule has 0 spiro atoms. The number of aryl methyl sites for hydroxylation is 2. The number of phenolic OH excluding ortho intramolecular Hbond substituents is 3. The first kappa shape index (κ1) is 13.0. The number of phenols is 3. The van der Waals surface area contributed by atoms with Gasteiger partial charge >= 0.3 is 0 Å². The van der Waals surface area contributed by atoms with Crippen LogP contribution in [0.5, 0.6) is 17.2 Å². The lowest BCUT2D eigenvalue weighted by atomic mass is 10.0. The highest BCUT2D eigenvalue weighted by molar-refractivity contribution is 5.79. The van der Waals surface area contributed by atoms with Gasteiger partial charge in [-0.15, -0.1) is 0 Å². The fourth-order valence-corrected chi connectivity index (χ4v) is 1.86. The van der Waals surface area contributed by atoms with Gasteiger partial charge in [0.15, 0.2) is 17.8 Å². The van der Waals surface area contributed by atoms with Gasteiger partial charge in [-0.1, -0.05) is 12.1 Å². The van der Waals surface area contributed by atoms with Crippen LogP contribution in [0.1, 0.15) is 21.5 Å². The summed E-state index contributed by atoms with van der Waals surface area (Å²) in [6.07, 6.45) is 1.93. The van der Waals surface area contributed by atoms with Crippen LogP contribution in [-0.2, 0) is 12.8 Å². The molecule has 0 radical (unpaired) electrons. The maximum atomic E-state index is 10.6. The molecule has 98 valence electrons. The van der Waals surface area contributed by atoms with E-state index in [4.69, 9.17) is 0 Å². The second kappa shape index (κ2) is 5.44.